The van der Waals surface area contributed by atoms with Gasteiger partial charge in [0, 0.05) is 7.11 Å². The van der Waals surface area contributed by atoms with Crippen molar-refractivity contribution >= 4 is 5.97 Å². The maximum atomic E-state index is 10.5. The number of hydrogen-bond donors (Lipinski definition) is 0. The van der Waals surface area contributed by atoms with Crippen LogP contribution in [0.2, 0.25) is 0 Å². The van der Waals surface area contributed by atoms with Gasteiger partial charge in [-0.25, -0.2) is 0 Å². The smallest absolute Gasteiger partial charge is 0.547 e. The number of carboxylic acid groups (broad SMARTS) is 1. The van der Waals surface area contributed by atoms with Gasteiger partial charge in [-0.2, -0.15) is 0 Å². The second kappa shape index (κ2) is 6.16. The summed E-state index contributed by atoms with van der Waals surface area (Å²) in [5.41, 5.74) is 0.597. The molecule has 0 aromatic heterocycles. The van der Waals surface area contributed by atoms with Crippen molar-refractivity contribution in [1.82, 2.24) is 0 Å². The molecule has 0 radical (unpaired) electrons. The van der Waals surface area contributed by atoms with E-state index in [1.807, 2.05) is 6.07 Å². The summed E-state index contributed by atoms with van der Waals surface area (Å²) < 4.78 is 4.74. The van der Waals surface area contributed by atoms with Gasteiger partial charge in [0.05, 0.1) is 5.97 Å². The van der Waals surface area contributed by atoms with Crippen molar-refractivity contribution in [1.29, 1.82) is 0 Å². The normalized spacial score (nSPS) is 11.5. The minimum atomic E-state index is -1.22. The zero-order chi connectivity index (χ0) is 8.97. The molecule has 0 amide bonds. The summed E-state index contributed by atoms with van der Waals surface area (Å²) in [5, 5.41) is 10.5. The number of hydrogen-bond acceptors (Lipinski definition) is 3. The van der Waals surface area contributed by atoms with Crippen LogP contribution in [-0.4, -0.2) is 13.1 Å². The molecule has 0 N–H and O–H groups in total. The molecule has 0 fully saturated rings. The third-order valence-corrected chi connectivity index (χ3v) is 1.55. The maximum Gasteiger partial charge on any atom is 1.00 e. The molecule has 0 aliphatic rings. The van der Waals surface area contributed by atoms with Crippen LogP contribution < -0.4 is 34.7 Å². The van der Waals surface area contributed by atoms with Crippen molar-refractivity contribution in [2.75, 3.05) is 7.11 Å². The molecule has 0 saturated heterocycles. The maximum absolute atomic E-state index is 10.5. The molecule has 0 heterocycles. The van der Waals surface area contributed by atoms with E-state index in [1.165, 1.54) is 7.11 Å². The Bertz CT molecular complexity index is 261. The molecule has 0 spiro atoms. The van der Waals surface area contributed by atoms with E-state index >= 15 is 0 Å². The Balaban J connectivity index is 0.00000144. The standard InChI is InChI=1S/C9H10O3.Na/c1-12-8(9(10)11)7-5-3-2-4-6-7;/h2-6,8H,1H3,(H,10,11);/q;+1/p-1. The van der Waals surface area contributed by atoms with Crippen LogP contribution in [0.5, 0.6) is 0 Å². The summed E-state index contributed by atoms with van der Waals surface area (Å²) in [4.78, 5) is 10.5. The molecule has 1 atom stereocenters. The molecule has 64 valence electrons. The SMILES string of the molecule is COC(C(=O)[O-])c1ccccc1.[Na+]. The molecule has 1 aromatic carbocycles. The number of carboxylic acids is 1. The molecule has 13 heavy (non-hydrogen) atoms. The van der Waals surface area contributed by atoms with Gasteiger partial charge in [-0.15, -0.1) is 0 Å². The summed E-state index contributed by atoms with van der Waals surface area (Å²) in [5.74, 6) is -1.22. The van der Waals surface area contributed by atoms with Gasteiger partial charge in [-0.05, 0) is 5.56 Å². The van der Waals surface area contributed by atoms with Gasteiger partial charge in [0.2, 0.25) is 0 Å². The number of carbonyl (C=O) groups is 1. The van der Waals surface area contributed by atoms with Crippen molar-refractivity contribution in [3.63, 3.8) is 0 Å². The van der Waals surface area contributed by atoms with Crippen molar-refractivity contribution in [2.45, 2.75) is 6.10 Å². The molecule has 0 bridgehead atoms. The van der Waals surface area contributed by atoms with E-state index in [4.69, 9.17) is 4.74 Å². The number of ether oxygens (including phenoxy) is 1. The molecule has 0 aliphatic heterocycles. The second-order valence-electron chi connectivity index (χ2n) is 2.35. The number of carbonyl (C=O) groups excluding carboxylic acids is 1. The Kier molecular flexibility index (Phi) is 5.99. The van der Waals surface area contributed by atoms with Gasteiger partial charge < -0.3 is 14.6 Å². The first-order chi connectivity index (χ1) is 5.75. The van der Waals surface area contributed by atoms with Crippen molar-refractivity contribution < 1.29 is 44.2 Å². The monoisotopic (exact) mass is 188 g/mol. The largest absolute Gasteiger partial charge is 1.00 e. The molecular formula is C9H9NaO3. The van der Waals surface area contributed by atoms with E-state index in [0.717, 1.165) is 0 Å². The third-order valence-electron chi connectivity index (χ3n) is 1.55. The van der Waals surface area contributed by atoms with Crippen LogP contribution in [0, 0.1) is 0 Å². The molecule has 0 aliphatic carbocycles. The fourth-order valence-electron chi connectivity index (χ4n) is 0.996. The predicted molar refractivity (Wildman–Crippen MR) is 41.2 cm³/mol. The molecule has 1 unspecified atom stereocenters. The van der Waals surface area contributed by atoms with Gasteiger partial charge >= 0.3 is 29.6 Å². The van der Waals surface area contributed by atoms with E-state index in [0.29, 0.717) is 5.56 Å². The molecule has 4 heteroatoms. The fourth-order valence-corrected chi connectivity index (χ4v) is 0.996. The van der Waals surface area contributed by atoms with Crippen molar-refractivity contribution in [3.05, 3.63) is 35.9 Å². The Hall–Kier alpha value is -0.350. The predicted octanol–water partition coefficient (Wildman–Crippen LogP) is -2.87. The first kappa shape index (κ1) is 12.7. The first-order valence-electron chi connectivity index (χ1n) is 3.54. The summed E-state index contributed by atoms with van der Waals surface area (Å²) >= 11 is 0. The van der Waals surface area contributed by atoms with Crippen LogP contribution >= 0.6 is 0 Å². The van der Waals surface area contributed by atoms with Crippen LogP contribution in [0.4, 0.5) is 0 Å². The average Bonchev–Trinajstić information content (AvgIpc) is 2.07. The Morgan fingerprint density at radius 1 is 1.38 bits per heavy atom. The van der Waals surface area contributed by atoms with Gasteiger partial charge in [-0.3, -0.25) is 0 Å². The van der Waals surface area contributed by atoms with E-state index in [1.54, 1.807) is 24.3 Å². The Labute approximate surface area is 99.0 Å². The summed E-state index contributed by atoms with van der Waals surface area (Å²) in [6, 6.07) is 8.69. The molecule has 1 rings (SSSR count). The Morgan fingerprint density at radius 2 is 1.92 bits per heavy atom. The van der Waals surface area contributed by atoms with Gasteiger partial charge in [-0.1, -0.05) is 30.3 Å². The zero-order valence-electron chi connectivity index (χ0n) is 7.69. The molecule has 1 aromatic rings. The minimum Gasteiger partial charge on any atom is -0.547 e. The number of rotatable bonds is 3. The second-order valence-corrected chi connectivity index (χ2v) is 2.35. The van der Waals surface area contributed by atoms with Crippen LogP contribution in [0.25, 0.3) is 0 Å². The van der Waals surface area contributed by atoms with Gasteiger partial charge in [0.25, 0.3) is 0 Å². The van der Waals surface area contributed by atoms with Crippen molar-refractivity contribution in [2.24, 2.45) is 0 Å². The third kappa shape index (κ3) is 3.48. The zero-order valence-corrected chi connectivity index (χ0v) is 9.69. The van der Waals surface area contributed by atoms with E-state index in [9.17, 15) is 9.90 Å². The fraction of sp³-hybridized carbons (Fsp3) is 0.222. The minimum absolute atomic E-state index is 0. The number of benzene rings is 1. The van der Waals surface area contributed by atoms with Gasteiger partial charge in [0.15, 0.2) is 0 Å². The van der Waals surface area contributed by atoms with Crippen LogP contribution in [-0.2, 0) is 9.53 Å². The first-order valence-corrected chi connectivity index (χ1v) is 3.54. The quantitative estimate of drug-likeness (QED) is 0.479. The van der Waals surface area contributed by atoms with E-state index in [-0.39, 0.29) is 29.6 Å². The molecule has 0 saturated carbocycles. The summed E-state index contributed by atoms with van der Waals surface area (Å²) in [6.45, 7) is 0. The van der Waals surface area contributed by atoms with E-state index in [2.05, 4.69) is 0 Å². The molecular weight excluding hydrogens is 179 g/mol. The topological polar surface area (TPSA) is 49.4 Å². The Morgan fingerprint density at radius 3 is 2.31 bits per heavy atom. The van der Waals surface area contributed by atoms with Crippen LogP contribution in [0.15, 0.2) is 30.3 Å². The van der Waals surface area contributed by atoms with Crippen LogP contribution in [0.3, 0.4) is 0 Å². The number of aliphatic carboxylic acids is 1. The number of methoxy groups -OCH3 is 1. The summed E-state index contributed by atoms with van der Waals surface area (Å²) in [6.07, 6.45) is -0.966. The van der Waals surface area contributed by atoms with Crippen molar-refractivity contribution in [3.8, 4) is 0 Å². The average molecular weight is 188 g/mol. The summed E-state index contributed by atoms with van der Waals surface area (Å²) in [7, 11) is 1.34. The molecule has 3 nitrogen and oxygen atoms in total. The van der Waals surface area contributed by atoms with Gasteiger partial charge in [0.1, 0.15) is 6.10 Å². The van der Waals surface area contributed by atoms with E-state index < -0.39 is 12.1 Å². The van der Waals surface area contributed by atoms with Crippen LogP contribution in [0.1, 0.15) is 11.7 Å².